The third kappa shape index (κ3) is 6.17. The minimum absolute atomic E-state index is 0.0445. The molecule has 1 fully saturated rings. The van der Waals surface area contributed by atoms with Gasteiger partial charge in [-0.25, -0.2) is 0 Å². The molecule has 1 aliphatic rings. The van der Waals surface area contributed by atoms with Gasteiger partial charge in [0, 0.05) is 16.6 Å². The first-order valence-electron chi connectivity index (χ1n) is 10.8. The molecule has 0 radical (unpaired) electrons. The van der Waals surface area contributed by atoms with Crippen LogP contribution in [0.3, 0.4) is 0 Å². The van der Waals surface area contributed by atoms with Gasteiger partial charge in [-0.1, -0.05) is 38.8 Å². The van der Waals surface area contributed by atoms with Crippen LogP contribution in [0.25, 0.3) is 11.4 Å². The Morgan fingerprint density at radius 1 is 1.22 bits per heavy atom. The van der Waals surface area contributed by atoms with Gasteiger partial charge in [-0.05, 0) is 62.7 Å². The number of aryl methyl sites for hydroxylation is 1. The molecule has 2 aromatic carbocycles. The van der Waals surface area contributed by atoms with Crippen LogP contribution in [0.15, 0.2) is 57.5 Å². The van der Waals surface area contributed by atoms with E-state index in [1.54, 1.807) is 0 Å². The zero-order chi connectivity index (χ0) is 22.3. The van der Waals surface area contributed by atoms with Crippen molar-refractivity contribution in [2.75, 3.05) is 26.2 Å². The van der Waals surface area contributed by atoms with E-state index < -0.39 is 0 Å². The highest BCUT2D eigenvalue weighted by Crippen LogP contribution is 2.21. The smallest absolute Gasteiger partial charge is 0.241 e. The quantitative estimate of drug-likeness (QED) is 0.468. The topological polar surface area (TPSA) is 80.5 Å². The molecular weight excluding hydrogens is 472 g/mol. The lowest BCUT2D eigenvalue weighted by Crippen LogP contribution is -2.43. The average molecular weight is 499 g/mol. The standard InChI is InChI=1S/C24H27BrN4O3/c1-17-4-10-21(11-5-17)31-14-12-26-24(30)19-3-2-13-29(15-19)16-22-27-23(28-32-22)18-6-8-20(25)9-7-18/h4-11,19H,2-3,12-16H2,1H3,(H,26,30). The van der Waals surface area contributed by atoms with Crippen LogP contribution < -0.4 is 10.1 Å². The summed E-state index contributed by atoms with van der Waals surface area (Å²) in [5, 5.41) is 7.10. The number of aromatic nitrogens is 2. The molecule has 32 heavy (non-hydrogen) atoms. The second kappa shape index (κ2) is 10.7. The number of carbonyl (C=O) groups excluding carboxylic acids is 1. The van der Waals surface area contributed by atoms with E-state index in [4.69, 9.17) is 9.26 Å². The number of carbonyl (C=O) groups is 1. The van der Waals surface area contributed by atoms with Crippen molar-refractivity contribution in [1.82, 2.24) is 20.4 Å². The van der Waals surface area contributed by atoms with Crippen LogP contribution >= 0.6 is 15.9 Å². The molecule has 7 nitrogen and oxygen atoms in total. The molecule has 0 bridgehead atoms. The highest BCUT2D eigenvalue weighted by molar-refractivity contribution is 9.10. The van der Waals surface area contributed by atoms with Gasteiger partial charge in [0.05, 0.1) is 19.0 Å². The van der Waals surface area contributed by atoms with Crippen LogP contribution in [0.1, 0.15) is 24.3 Å². The monoisotopic (exact) mass is 498 g/mol. The Morgan fingerprint density at radius 2 is 2.00 bits per heavy atom. The van der Waals surface area contributed by atoms with Crippen molar-refractivity contribution in [2.24, 2.45) is 5.92 Å². The molecule has 0 spiro atoms. The highest BCUT2D eigenvalue weighted by Gasteiger charge is 2.26. The molecule has 1 unspecified atom stereocenters. The van der Waals surface area contributed by atoms with E-state index in [2.05, 4.69) is 36.3 Å². The van der Waals surface area contributed by atoms with Crippen LogP contribution in [0, 0.1) is 12.8 Å². The molecule has 0 aliphatic carbocycles. The molecule has 1 aromatic heterocycles. The van der Waals surface area contributed by atoms with Gasteiger partial charge >= 0.3 is 0 Å². The summed E-state index contributed by atoms with van der Waals surface area (Å²) in [5.41, 5.74) is 2.10. The lowest BCUT2D eigenvalue weighted by molar-refractivity contribution is -0.126. The van der Waals surface area contributed by atoms with E-state index in [9.17, 15) is 4.79 Å². The van der Waals surface area contributed by atoms with Crippen LogP contribution in [0.4, 0.5) is 0 Å². The molecule has 1 amide bonds. The zero-order valence-electron chi connectivity index (χ0n) is 18.1. The van der Waals surface area contributed by atoms with Crippen molar-refractivity contribution >= 4 is 21.8 Å². The van der Waals surface area contributed by atoms with Gasteiger partial charge in [-0.15, -0.1) is 0 Å². The number of rotatable bonds is 8. The van der Waals surface area contributed by atoms with Gasteiger partial charge in [0.2, 0.25) is 17.6 Å². The van der Waals surface area contributed by atoms with E-state index in [-0.39, 0.29) is 11.8 Å². The van der Waals surface area contributed by atoms with E-state index >= 15 is 0 Å². The number of benzene rings is 2. The average Bonchev–Trinajstić information content (AvgIpc) is 3.27. The number of amides is 1. The number of nitrogens with zero attached hydrogens (tertiary/aromatic N) is 3. The number of hydrogen-bond donors (Lipinski definition) is 1. The Kier molecular flexibility index (Phi) is 7.55. The summed E-state index contributed by atoms with van der Waals surface area (Å²) in [5.74, 6) is 1.99. The third-order valence-electron chi connectivity index (χ3n) is 5.50. The Morgan fingerprint density at radius 3 is 2.78 bits per heavy atom. The SMILES string of the molecule is Cc1ccc(OCCNC(=O)C2CCCN(Cc3nc(-c4ccc(Br)cc4)no3)C2)cc1. The molecule has 1 aliphatic heterocycles. The lowest BCUT2D eigenvalue weighted by Gasteiger charge is -2.30. The number of hydrogen-bond acceptors (Lipinski definition) is 6. The van der Waals surface area contributed by atoms with Gasteiger partial charge in [0.1, 0.15) is 12.4 Å². The first-order valence-corrected chi connectivity index (χ1v) is 11.6. The zero-order valence-corrected chi connectivity index (χ0v) is 19.7. The summed E-state index contributed by atoms with van der Waals surface area (Å²) >= 11 is 3.43. The second-order valence-electron chi connectivity index (χ2n) is 8.05. The minimum Gasteiger partial charge on any atom is -0.492 e. The molecule has 168 valence electrons. The van der Waals surface area contributed by atoms with Crippen LogP contribution in [-0.2, 0) is 11.3 Å². The fourth-order valence-electron chi connectivity index (χ4n) is 3.76. The number of ether oxygens (including phenoxy) is 1. The Hall–Kier alpha value is -2.71. The Bertz CT molecular complexity index is 1020. The Labute approximate surface area is 196 Å². The molecule has 0 saturated carbocycles. The summed E-state index contributed by atoms with van der Waals surface area (Å²) in [6, 6.07) is 15.7. The van der Waals surface area contributed by atoms with Crippen molar-refractivity contribution in [1.29, 1.82) is 0 Å². The predicted molar refractivity (Wildman–Crippen MR) is 125 cm³/mol. The molecule has 1 saturated heterocycles. The van der Waals surface area contributed by atoms with E-state index in [1.807, 2.05) is 55.5 Å². The van der Waals surface area contributed by atoms with E-state index in [0.717, 1.165) is 35.2 Å². The van der Waals surface area contributed by atoms with E-state index in [1.165, 1.54) is 5.56 Å². The maximum Gasteiger partial charge on any atom is 0.241 e. The van der Waals surface area contributed by atoms with Crippen molar-refractivity contribution in [3.63, 3.8) is 0 Å². The fourth-order valence-corrected chi connectivity index (χ4v) is 4.03. The molecule has 4 rings (SSSR count). The predicted octanol–water partition coefficient (Wildman–Crippen LogP) is 4.21. The molecular formula is C24H27BrN4O3. The van der Waals surface area contributed by atoms with Gasteiger partial charge < -0.3 is 14.6 Å². The fraction of sp³-hybridized carbons (Fsp3) is 0.375. The van der Waals surface area contributed by atoms with Crippen LogP contribution in [-0.4, -0.2) is 47.2 Å². The summed E-state index contributed by atoms with van der Waals surface area (Å²) in [6.45, 7) is 5.12. The summed E-state index contributed by atoms with van der Waals surface area (Å²) in [6.07, 6.45) is 1.85. The van der Waals surface area contributed by atoms with Gasteiger partial charge in [-0.2, -0.15) is 4.98 Å². The maximum absolute atomic E-state index is 12.6. The summed E-state index contributed by atoms with van der Waals surface area (Å²) in [7, 11) is 0. The normalized spacial score (nSPS) is 16.6. The van der Waals surface area contributed by atoms with Crippen LogP contribution in [0.2, 0.25) is 0 Å². The number of piperidine rings is 1. The maximum atomic E-state index is 12.6. The van der Waals surface area contributed by atoms with Crippen LogP contribution in [0.5, 0.6) is 5.75 Å². The highest BCUT2D eigenvalue weighted by atomic mass is 79.9. The largest absolute Gasteiger partial charge is 0.492 e. The third-order valence-corrected chi connectivity index (χ3v) is 6.03. The minimum atomic E-state index is -0.0445. The number of halogens is 1. The van der Waals surface area contributed by atoms with Crippen molar-refractivity contribution in [3.8, 4) is 17.1 Å². The van der Waals surface area contributed by atoms with Crippen molar-refractivity contribution in [3.05, 3.63) is 64.5 Å². The van der Waals surface area contributed by atoms with Crippen molar-refractivity contribution in [2.45, 2.75) is 26.3 Å². The molecule has 1 N–H and O–H groups in total. The van der Waals surface area contributed by atoms with Gasteiger partial charge in [-0.3, -0.25) is 9.69 Å². The number of likely N-dealkylation sites (tertiary alicyclic amines) is 1. The Balaban J connectivity index is 1.23. The van der Waals surface area contributed by atoms with E-state index in [0.29, 0.717) is 38.0 Å². The first-order chi connectivity index (χ1) is 15.6. The second-order valence-corrected chi connectivity index (χ2v) is 8.96. The molecule has 3 aromatic rings. The first kappa shape index (κ1) is 22.5. The van der Waals surface area contributed by atoms with Gasteiger partial charge in [0.15, 0.2) is 0 Å². The lowest BCUT2D eigenvalue weighted by atomic mass is 9.97. The number of nitrogens with one attached hydrogen (secondary N) is 1. The van der Waals surface area contributed by atoms with Gasteiger partial charge in [0.25, 0.3) is 0 Å². The molecule has 2 heterocycles. The van der Waals surface area contributed by atoms with Crippen molar-refractivity contribution < 1.29 is 14.1 Å². The molecule has 1 atom stereocenters. The molecule has 8 heteroatoms. The summed E-state index contributed by atoms with van der Waals surface area (Å²) in [4.78, 5) is 19.3. The summed E-state index contributed by atoms with van der Waals surface area (Å²) < 4.78 is 12.1.